The molecular weight excluding hydrogens is 370 g/mol. The molecule has 10 heteroatoms. The van der Waals surface area contributed by atoms with Crippen LogP contribution in [0.25, 0.3) is 0 Å². The highest BCUT2D eigenvalue weighted by molar-refractivity contribution is 6.39. The van der Waals surface area contributed by atoms with E-state index in [0.717, 1.165) is 0 Å². The number of nitrogens with one attached hydrogen (secondary N) is 2. The molecule has 0 saturated carbocycles. The fraction of sp³-hybridized carbons (Fsp3) is 0.222. The average Bonchev–Trinajstić information content (AvgIpc) is 3.15. The van der Waals surface area contributed by atoms with Gasteiger partial charge in [-0.3, -0.25) is 19.7 Å². The number of nitro benzene ring substituents is 1. The molecule has 2 amide bonds. The van der Waals surface area contributed by atoms with Crippen LogP contribution in [0.3, 0.4) is 0 Å². The Bertz CT molecular complexity index is 916. The zero-order valence-electron chi connectivity index (χ0n) is 14.6. The predicted molar refractivity (Wildman–Crippen MR) is 96.9 cm³/mol. The standard InChI is InChI=1S/C18H17N3O7/c22-14(11-5-6-15-16(9-11)28-10-27-15)7-8-19-17(23)18(24)20-12-3-1-2-4-13(12)21(25)26/h1-6,9,14,22H,7-8,10H2,(H,19,23)(H,20,24). The highest BCUT2D eigenvalue weighted by Crippen LogP contribution is 2.34. The maximum absolute atomic E-state index is 11.9. The second-order valence-corrected chi connectivity index (χ2v) is 5.90. The minimum atomic E-state index is -1.04. The summed E-state index contributed by atoms with van der Waals surface area (Å²) in [6, 6.07) is 10.5. The first-order chi connectivity index (χ1) is 13.5. The van der Waals surface area contributed by atoms with Crippen molar-refractivity contribution in [1.82, 2.24) is 5.32 Å². The first-order valence-electron chi connectivity index (χ1n) is 8.36. The SMILES string of the molecule is O=C(NCCC(O)c1ccc2c(c1)OCO2)C(=O)Nc1ccccc1[N+](=O)[O-]. The fourth-order valence-electron chi connectivity index (χ4n) is 2.61. The molecule has 1 aliphatic heterocycles. The number of aliphatic hydroxyl groups is 1. The molecule has 0 fully saturated rings. The van der Waals surface area contributed by atoms with E-state index in [1.807, 2.05) is 0 Å². The number of fused-ring (bicyclic) bond motifs is 1. The van der Waals surface area contributed by atoms with Gasteiger partial charge in [0.15, 0.2) is 11.5 Å². The van der Waals surface area contributed by atoms with Crippen LogP contribution in [0.15, 0.2) is 42.5 Å². The number of hydrogen-bond acceptors (Lipinski definition) is 7. The maximum Gasteiger partial charge on any atom is 0.313 e. The molecule has 0 aromatic heterocycles. The lowest BCUT2D eigenvalue weighted by molar-refractivity contribution is -0.383. The Morgan fingerprint density at radius 1 is 1.14 bits per heavy atom. The van der Waals surface area contributed by atoms with Gasteiger partial charge in [-0.25, -0.2) is 0 Å². The lowest BCUT2D eigenvalue weighted by Crippen LogP contribution is -2.36. The van der Waals surface area contributed by atoms with E-state index in [1.165, 1.54) is 24.3 Å². The average molecular weight is 387 g/mol. The van der Waals surface area contributed by atoms with Crippen LogP contribution in [-0.4, -0.2) is 35.2 Å². The number of ether oxygens (including phenoxy) is 2. The third-order valence-electron chi connectivity index (χ3n) is 4.04. The third kappa shape index (κ3) is 4.35. The van der Waals surface area contributed by atoms with Gasteiger partial charge in [0.2, 0.25) is 6.79 Å². The van der Waals surface area contributed by atoms with Gasteiger partial charge < -0.3 is 25.2 Å². The Morgan fingerprint density at radius 2 is 1.89 bits per heavy atom. The number of aliphatic hydroxyl groups excluding tert-OH is 1. The molecule has 10 nitrogen and oxygen atoms in total. The maximum atomic E-state index is 11.9. The number of benzene rings is 2. The molecule has 1 unspecified atom stereocenters. The monoisotopic (exact) mass is 387 g/mol. The van der Waals surface area contributed by atoms with Gasteiger partial charge in [0.1, 0.15) is 5.69 Å². The van der Waals surface area contributed by atoms with Crippen molar-refractivity contribution >= 4 is 23.2 Å². The van der Waals surface area contributed by atoms with E-state index in [-0.39, 0.29) is 31.1 Å². The van der Waals surface area contributed by atoms with E-state index in [0.29, 0.717) is 17.1 Å². The summed E-state index contributed by atoms with van der Waals surface area (Å²) in [6.07, 6.45) is -0.725. The molecule has 3 rings (SSSR count). The third-order valence-corrected chi connectivity index (χ3v) is 4.04. The molecule has 146 valence electrons. The predicted octanol–water partition coefficient (Wildman–Crippen LogP) is 1.50. The zero-order valence-corrected chi connectivity index (χ0v) is 14.6. The smallest absolute Gasteiger partial charge is 0.313 e. The van der Waals surface area contributed by atoms with Crippen molar-refractivity contribution < 1.29 is 29.1 Å². The minimum absolute atomic E-state index is 0.0265. The van der Waals surface area contributed by atoms with Crippen LogP contribution in [0.1, 0.15) is 18.1 Å². The van der Waals surface area contributed by atoms with Crippen LogP contribution in [0.2, 0.25) is 0 Å². The van der Waals surface area contributed by atoms with Crippen molar-refractivity contribution in [3.05, 3.63) is 58.1 Å². The molecule has 1 aliphatic rings. The molecule has 1 heterocycles. The van der Waals surface area contributed by atoms with Gasteiger partial charge in [0.05, 0.1) is 11.0 Å². The Balaban J connectivity index is 1.50. The molecule has 28 heavy (non-hydrogen) atoms. The number of nitrogens with zero attached hydrogens (tertiary/aromatic N) is 1. The molecule has 0 spiro atoms. The van der Waals surface area contributed by atoms with Gasteiger partial charge in [0.25, 0.3) is 5.69 Å². The van der Waals surface area contributed by atoms with Gasteiger partial charge >= 0.3 is 11.8 Å². The molecule has 0 bridgehead atoms. The molecular formula is C18H17N3O7. The van der Waals surface area contributed by atoms with Crippen LogP contribution in [0, 0.1) is 10.1 Å². The number of para-hydroxylation sites is 2. The van der Waals surface area contributed by atoms with Crippen molar-refractivity contribution in [2.45, 2.75) is 12.5 Å². The second kappa shape index (κ2) is 8.35. The first-order valence-corrected chi connectivity index (χ1v) is 8.36. The topological polar surface area (TPSA) is 140 Å². The van der Waals surface area contributed by atoms with E-state index >= 15 is 0 Å². The molecule has 0 aliphatic carbocycles. The van der Waals surface area contributed by atoms with E-state index < -0.39 is 22.8 Å². The van der Waals surface area contributed by atoms with Gasteiger partial charge in [-0.05, 0) is 30.2 Å². The summed E-state index contributed by atoms with van der Waals surface area (Å²) in [5.41, 5.74) is 0.192. The molecule has 3 N–H and O–H groups in total. The Kier molecular flexibility index (Phi) is 5.70. The number of anilines is 1. The van der Waals surface area contributed by atoms with Crippen molar-refractivity contribution in [3.8, 4) is 11.5 Å². The molecule has 2 aromatic rings. The van der Waals surface area contributed by atoms with Crippen LogP contribution >= 0.6 is 0 Å². The van der Waals surface area contributed by atoms with E-state index in [9.17, 15) is 24.8 Å². The number of rotatable bonds is 6. The summed E-state index contributed by atoms with van der Waals surface area (Å²) in [5, 5.41) is 25.7. The lowest BCUT2D eigenvalue weighted by atomic mass is 10.1. The zero-order chi connectivity index (χ0) is 20.1. The highest BCUT2D eigenvalue weighted by atomic mass is 16.7. The number of hydrogen-bond donors (Lipinski definition) is 3. The summed E-state index contributed by atoms with van der Waals surface area (Å²) in [4.78, 5) is 34.1. The largest absolute Gasteiger partial charge is 0.454 e. The molecule has 0 saturated heterocycles. The first kappa shape index (κ1) is 19.1. The second-order valence-electron chi connectivity index (χ2n) is 5.90. The van der Waals surface area contributed by atoms with Gasteiger partial charge in [-0.15, -0.1) is 0 Å². The summed E-state index contributed by atoms with van der Waals surface area (Å²) < 4.78 is 10.4. The van der Waals surface area contributed by atoms with E-state index in [1.54, 1.807) is 18.2 Å². The van der Waals surface area contributed by atoms with Gasteiger partial charge in [-0.2, -0.15) is 0 Å². The van der Waals surface area contributed by atoms with Crippen molar-refractivity contribution in [2.24, 2.45) is 0 Å². The van der Waals surface area contributed by atoms with Gasteiger partial charge in [0, 0.05) is 12.6 Å². The van der Waals surface area contributed by atoms with Crippen LogP contribution < -0.4 is 20.1 Å². The summed E-state index contributed by atoms with van der Waals surface area (Å²) in [6.45, 7) is 0.151. The number of carbonyl (C=O) groups is 2. The minimum Gasteiger partial charge on any atom is -0.454 e. The fourth-order valence-corrected chi connectivity index (χ4v) is 2.61. The van der Waals surface area contributed by atoms with Crippen LogP contribution in [-0.2, 0) is 9.59 Å². The lowest BCUT2D eigenvalue weighted by Gasteiger charge is -2.12. The van der Waals surface area contributed by atoms with Gasteiger partial charge in [-0.1, -0.05) is 18.2 Å². The van der Waals surface area contributed by atoms with Crippen molar-refractivity contribution in [2.75, 3.05) is 18.7 Å². The Hall–Kier alpha value is -3.66. The Morgan fingerprint density at radius 3 is 2.68 bits per heavy atom. The molecule has 1 atom stereocenters. The molecule has 0 radical (unpaired) electrons. The molecule has 2 aromatic carbocycles. The Labute approximate surface area is 159 Å². The van der Waals surface area contributed by atoms with Crippen molar-refractivity contribution in [3.63, 3.8) is 0 Å². The summed E-state index contributed by atoms with van der Waals surface area (Å²) in [5.74, 6) is -0.872. The van der Waals surface area contributed by atoms with E-state index in [2.05, 4.69) is 10.6 Å². The van der Waals surface area contributed by atoms with Crippen LogP contribution in [0.4, 0.5) is 11.4 Å². The highest BCUT2D eigenvalue weighted by Gasteiger charge is 2.20. The summed E-state index contributed by atoms with van der Waals surface area (Å²) >= 11 is 0. The van der Waals surface area contributed by atoms with E-state index in [4.69, 9.17) is 9.47 Å². The quantitative estimate of drug-likeness (QED) is 0.388. The van der Waals surface area contributed by atoms with Crippen molar-refractivity contribution in [1.29, 1.82) is 0 Å². The number of amides is 2. The summed E-state index contributed by atoms with van der Waals surface area (Å²) in [7, 11) is 0. The van der Waals surface area contributed by atoms with Crippen LogP contribution in [0.5, 0.6) is 11.5 Å². The number of carbonyl (C=O) groups excluding carboxylic acids is 2. The number of nitro groups is 1. The normalized spacial score (nSPS) is 12.9.